The number of nitrogens with one attached hydrogen (secondary N) is 1. The molecule has 1 aromatic rings. The first-order chi connectivity index (χ1) is 10.0. The number of nitrogens with zero attached hydrogens (tertiary/aromatic N) is 1. The van der Waals surface area contributed by atoms with Gasteiger partial charge in [-0.3, -0.25) is 0 Å². The van der Waals surface area contributed by atoms with Crippen LogP contribution in [-0.4, -0.2) is 38.6 Å². The lowest BCUT2D eigenvalue weighted by Gasteiger charge is -2.32. The number of rotatable bonds is 7. The minimum atomic E-state index is -3.08. The van der Waals surface area contributed by atoms with Gasteiger partial charge in [-0.1, -0.05) is 6.92 Å². The molecular weight excluding hydrogens is 288 g/mol. The predicted molar refractivity (Wildman–Crippen MR) is 83.5 cm³/mol. The summed E-state index contributed by atoms with van der Waals surface area (Å²) in [5.41, 5.74) is 0. The quantitative estimate of drug-likeness (QED) is 0.839. The topological polar surface area (TPSA) is 62.6 Å². The van der Waals surface area contributed by atoms with Crippen LogP contribution >= 0.6 is 0 Å². The van der Waals surface area contributed by atoms with Gasteiger partial charge in [-0.2, -0.15) is 0 Å². The van der Waals surface area contributed by atoms with Gasteiger partial charge in [0.2, 0.25) is 10.0 Å². The van der Waals surface area contributed by atoms with Crippen LogP contribution in [0.1, 0.15) is 44.4 Å². The van der Waals surface area contributed by atoms with Crippen molar-refractivity contribution in [3.63, 3.8) is 0 Å². The smallest absolute Gasteiger partial charge is 0.211 e. The second-order valence-electron chi connectivity index (χ2n) is 5.89. The molecule has 1 fully saturated rings. The van der Waals surface area contributed by atoms with E-state index in [0.717, 1.165) is 38.0 Å². The normalized spacial score (nSPS) is 22.3. The van der Waals surface area contributed by atoms with Gasteiger partial charge in [0, 0.05) is 13.1 Å². The van der Waals surface area contributed by atoms with Crippen molar-refractivity contribution in [3.8, 4) is 0 Å². The average Bonchev–Trinajstić information content (AvgIpc) is 2.97. The molecule has 21 heavy (non-hydrogen) atoms. The molecule has 2 heterocycles. The molecule has 0 bridgehead atoms. The van der Waals surface area contributed by atoms with Gasteiger partial charge in [0.25, 0.3) is 0 Å². The van der Waals surface area contributed by atoms with Gasteiger partial charge in [0.05, 0.1) is 18.6 Å². The number of hydrogen-bond acceptors (Lipinski definition) is 4. The van der Waals surface area contributed by atoms with Gasteiger partial charge in [-0.25, -0.2) is 12.7 Å². The molecular formula is C15H26N2O3S. The number of furan rings is 1. The van der Waals surface area contributed by atoms with Crippen molar-refractivity contribution in [2.45, 2.75) is 38.6 Å². The Morgan fingerprint density at radius 1 is 1.52 bits per heavy atom. The van der Waals surface area contributed by atoms with E-state index in [-0.39, 0.29) is 6.04 Å². The van der Waals surface area contributed by atoms with Crippen LogP contribution in [0, 0.1) is 5.92 Å². The molecule has 0 radical (unpaired) electrons. The third kappa shape index (κ3) is 4.83. The van der Waals surface area contributed by atoms with Crippen LogP contribution in [0.15, 0.2) is 22.8 Å². The second kappa shape index (κ2) is 7.42. The van der Waals surface area contributed by atoms with Crippen molar-refractivity contribution < 1.29 is 12.8 Å². The standard InChI is InChI=1S/C15H26N2O3S/c1-3-8-16-14(15-7-5-10-20-15)11-13-6-4-9-17(12-13)21(2,18)19/h5,7,10,13-14,16H,3-4,6,8-9,11-12H2,1-2H3. The molecule has 0 saturated carbocycles. The Morgan fingerprint density at radius 3 is 2.95 bits per heavy atom. The maximum absolute atomic E-state index is 11.7. The van der Waals surface area contributed by atoms with E-state index in [0.29, 0.717) is 19.0 Å². The molecule has 0 aromatic carbocycles. The van der Waals surface area contributed by atoms with Crippen molar-refractivity contribution in [1.82, 2.24) is 9.62 Å². The molecule has 2 atom stereocenters. The number of hydrogen-bond donors (Lipinski definition) is 1. The van der Waals surface area contributed by atoms with E-state index in [2.05, 4.69) is 12.2 Å². The minimum Gasteiger partial charge on any atom is -0.468 e. The monoisotopic (exact) mass is 314 g/mol. The Morgan fingerprint density at radius 2 is 2.33 bits per heavy atom. The van der Waals surface area contributed by atoms with Crippen LogP contribution < -0.4 is 5.32 Å². The Labute approximate surface area is 127 Å². The van der Waals surface area contributed by atoms with E-state index < -0.39 is 10.0 Å². The van der Waals surface area contributed by atoms with E-state index >= 15 is 0 Å². The van der Waals surface area contributed by atoms with Gasteiger partial charge in [0.1, 0.15) is 5.76 Å². The summed E-state index contributed by atoms with van der Waals surface area (Å²) in [5, 5.41) is 3.51. The minimum absolute atomic E-state index is 0.171. The molecule has 120 valence electrons. The van der Waals surface area contributed by atoms with Gasteiger partial charge in [-0.05, 0) is 50.3 Å². The summed E-state index contributed by atoms with van der Waals surface area (Å²) in [5.74, 6) is 1.33. The Kier molecular flexibility index (Phi) is 5.84. The van der Waals surface area contributed by atoms with Crippen LogP contribution in [-0.2, 0) is 10.0 Å². The lowest BCUT2D eigenvalue weighted by Crippen LogP contribution is -2.40. The van der Waals surface area contributed by atoms with Crippen molar-refractivity contribution in [2.75, 3.05) is 25.9 Å². The van der Waals surface area contributed by atoms with Crippen LogP contribution in [0.25, 0.3) is 0 Å². The zero-order chi connectivity index (χ0) is 15.3. The lowest BCUT2D eigenvalue weighted by atomic mass is 9.91. The summed E-state index contributed by atoms with van der Waals surface area (Å²) in [6.07, 6.45) is 7.00. The largest absolute Gasteiger partial charge is 0.468 e. The maximum Gasteiger partial charge on any atom is 0.211 e. The second-order valence-corrected chi connectivity index (χ2v) is 7.87. The third-order valence-corrected chi connectivity index (χ3v) is 5.32. The number of sulfonamides is 1. The fraction of sp³-hybridized carbons (Fsp3) is 0.733. The fourth-order valence-corrected chi connectivity index (χ4v) is 3.90. The summed E-state index contributed by atoms with van der Waals surface area (Å²) < 4.78 is 30.6. The molecule has 2 unspecified atom stereocenters. The lowest BCUT2D eigenvalue weighted by molar-refractivity contribution is 0.230. The van der Waals surface area contributed by atoms with E-state index in [4.69, 9.17) is 4.42 Å². The SMILES string of the molecule is CCCNC(CC1CCCN(S(C)(=O)=O)C1)c1ccco1. The molecule has 1 aliphatic heterocycles. The van der Waals surface area contributed by atoms with E-state index in [1.165, 1.54) is 6.26 Å². The Bertz CT molecular complexity index is 513. The van der Waals surface area contributed by atoms with E-state index in [9.17, 15) is 8.42 Å². The molecule has 1 aliphatic rings. The zero-order valence-electron chi connectivity index (χ0n) is 12.9. The zero-order valence-corrected chi connectivity index (χ0v) is 13.7. The Hall–Kier alpha value is -0.850. The fourth-order valence-electron chi connectivity index (χ4n) is 2.96. The molecule has 1 saturated heterocycles. The van der Waals surface area contributed by atoms with Crippen molar-refractivity contribution in [3.05, 3.63) is 24.2 Å². The average molecular weight is 314 g/mol. The van der Waals surface area contributed by atoms with Crippen LogP contribution in [0.5, 0.6) is 0 Å². The summed E-state index contributed by atoms with van der Waals surface area (Å²) in [7, 11) is -3.08. The first-order valence-electron chi connectivity index (χ1n) is 7.72. The molecule has 1 aromatic heterocycles. The molecule has 0 amide bonds. The first kappa shape index (κ1) is 16.5. The van der Waals surface area contributed by atoms with Crippen molar-refractivity contribution in [2.24, 2.45) is 5.92 Å². The summed E-state index contributed by atoms with van der Waals surface area (Å²) in [6.45, 7) is 4.36. The van der Waals surface area contributed by atoms with Gasteiger partial charge in [0.15, 0.2) is 0 Å². The first-order valence-corrected chi connectivity index (χ1v) is 9.57. The van der Waals surface area contributed by atoms with Crippen LogP contribution in [0.2, 0.25) is 0 Å². The molecule has 2 rings (SSSR count). The number of piperidine rings is 1. The molecule has 1 N–H and O–H groups in total. The van der Waals surface area contributed by atoms with Crippen LogP contribution in [0.4, 0.5) is 0 Å². The Balaban J connectivity index is 1.99. The summed E-state index contributed by atoms with van der Waals surface area (Å²) in [4.78, 5) is 0. The van der Waals surface area contributed by atoms with Gasteiger partial charge < -0.3 is 9.73 Å². The molecule has 6 heteroatoms. The molecule has 0 aliphatic carbocycles. The summed E-state index contributed by atoms with van der Waals surface area (Å²) >= 11 is 0. The highest BCUT2D eigenvalue weighted by Gasteiger charge is 2.28. The maximum atomic E-state index is 11.7. The van der Waals surface area contributed by atoms with Gasteiger partial charge in [-0.15, -0.1) is 0 Å². The third-order valence-electron chi connectivity index (χ3n) is 4.05. The predicted octanol–water partition coefficient (Wildman–Crippen LogP) is 2.38. The van der Waals surface area contributed by atoms with E-state index in [1.807, 2.05) is 12.1 Å². The van der Waals surface area contributed by atoms with Crippen LogP contribution in [0.3, 0.4) is 0 Å². The molecule has 5 nitrogen and oxygen atoms in total. The molecule has 0 spiro atoms. The highest BCUT2D eigenvalue weighted by atomic mass is 32.2. The van der Waals surface area contributed by atoms with Gasteiger partial charge >= 0.3 is 0 Å². The van der Waals surface area contributed by atoms with E-state index in [1.54, 1.807) is 10.6 Å². The summed E-state index contributed by atoms with van der Waals surface area (Å²) in [6, 6.07) is 4.06. The highest BCUT2D eigenvalue weighted by molar-refractivity contribution is 7.88. The highest BCUT2D eigenvalue weighted by Crippen LogP contribution is 2.28. The van der Waals surface area contributed by atoms with Crippen molar-refractivity contribution in [1.29, 1.82) is 0 Å². The van der Waals surface area contributed by atoms with Crippen molar-refractivity contribution >= 4 is 10.0 Å².